The molecule has 0 fully saturated rings. The number of methoxy groups -OCH3 is 1. The molecule has 8 heteroatoms. The number of anilines is 1. The molecule has 3 aromatic heterocycles. The number of rotatable bonds is 7. The molecule has 0 aliphatic rings. The summed E-state index contributed by atoms with van der Waals surface area (Å²) in [6.45, 7) is 0.916. The Morgan fingerprint density at radius 2 is 2.17 bits per heavy atom. The Morgan fingerprint density at radius 3 is 3.00 bits per heavy atom. The fourth-order valence-electron chi connectivity index (χ4n) is 1.93. The Labute approximate surface area is 133 Å². The summed E-state index contributed by atoms with van der Waals surface area (Å²) in [6, 6.07) is 5.64. The molecule has 0 bridgehead atoms. The van der Waals surface area contributed by atoms with Crippen molar-refractivity contribution in [3.63, 3.8) is 0 Å². The number of hydrogen-bond acceptors (Lipinski definition) is 8. The van der Waals surface area contributed by atoms with E-state index in [1.54, 1.807) is 25.7 Å². The van der Waals surface area contributed by atoms with Gasteiger partial charge >= 0.3 is 0 Å². The average Bonchev–Trinajstić information content (AvgIpc) is 3.07. The molecule has 0 aromatic carbocycles. The molecule has 1 N–H and O–H groups in total. The van der Waals surface area contributed by atoms with E-state index >= 15 is 0 Å². The van der Waals surface area contributed by atoms with Gasteiger partial charge in [-0.15, -0.1) is 0 Å². The molecule has 0 saturated carbocycles. The first-order chi connectivity index (χ1) is 11.3. The van der Waals surface area contributed by atoms with Crippen LogP contribution in [0.4, 0.5) is 5.95 Å². The highest BCUT2D eigenvalue weighted by molar-refractivity contribution is 5.58. The largest absolute Gasteiger partial charge is 0.384 e. The fraction of sp³-hybridized carbons (Fsp3) is 0.267. The second-order valence-electron chi connectivity index (χ2n) is 4.71. The van der Waals surface area contributed by atoms with Crippen molar-refractivity contribution in [2.45, 2.75) is 13.0 Å². The van der Waals surface area contributed by atoms with Crippen LogP contribution in [0.5, 0.6) is 0 Å². The number of aromatic nitrogens is 5. The van der Waals surface area contributed by atoms with Crippen molar-refractivity contribution in [2.24, 2.45) is 0 Å². The molecular formula is C15H16N6O2. The minimum absolute atomic E-state index is 0.358. The van der Waals surface area contributed by atoms with Crippen molar-refractivity contribution < 1.29 is 9.26 Å². The first kappa shape index (κ1) is 15.0. The van der Waals surface area contributed by atoms with Gasteiger partial charge in [0.1, 0.15) is 0 Å². The van der Waals surface area contributed by atoms with Gasteiger partial charge in [0.2, 0.25) is 11.8 Å². The quantitative estimate of drug-likeness (QED) is 0.704. The Balaban J connectivity index is 1.63. The molecule has 0 radical (unpaired) electrons. The van der Waals surface area contributed by atoms with Crippen molar-refractivity contribution in [1.29, 1.82) is 0 Å². The Kier molecular flexibility index (Phi) is 4.85. The topological polar surface area (TPSA) is 98.9 Å². The first-order valence-corrected chi connectivity index (χ1v) is 7.13. The predicted molar refractivity (Wildman–Crippen MR) is 82.5 cm³/mol. The lowest BCUT2D eigenvalue weighted by Gasteiger charge is -2.04. The lowest BCUT2D eigenvalue weighted by atomic mass is 10.2. The standard InChI is InChI=1S/C15H16N6O2/c1-22-8-5-13-20-14(23-21-13)10-18-15-17-7-4-12(19-15)11-3-2-6-16-9-11/h2-4,6-7,9H,5,8,10H2,1H3,(H,17,18,19). The van der Waals surface area contributed by atoms with E-state index in [2.05, 4.69) is 30.4 Å². The van der Waals surface area contributed by atoms with Crippen LogP contribution in [-0.2, 0) is 17.7 Å². The van der Waals surface area contributed by atoms with E-state index in [9.17, 15) is 0 Å². The lowest BCUT2D eigenvalue weighted by molar-refractivity contribution is 0.199. The summed E-state index contributed by atoms with van der Waals surface area (Å²) in [5, 5.41) is 6.95. The van der Waals surface area contributed by atoms with Crippen molar-refractivity contribution in [3.8, 4) is 11.3 Å². The molecule has 0 saturated heterocycles. The molecule has 0 spiro atoms. The molecule has 8 nitrogen and oxygen atoms in total. The van der Waals surface area contributed by atoms with Crippen LogP contribution in [0.1, 0.15) is 11.7 Å². The monoisotopic (exact) mass is 312 g/mol. The van der Waals surface area contributed by atoms with Gasteiger partial charge in [0.25, 0.3) is 0 Å². The average molecular weight is 312 g/mol. The molecule has 3 heterocycles. The van der Waals surface area contributed by atoms with E-state index in [4.69, 9.17) is 9.26 Å². The maximum Gasteiger partial charge on any atom is 0.246 e. The van der Waals surface area contributed by atoms with Crippen LogP contribution in [0.15, 0.2) is 41.3 Å². The SMILES string of the molecule is COCCc1noc(CNc2nccc(-c3cccnc3)n2)n1. The van der Waals surface area contributed by atoms with Gasteiger partial charge in [0, 0.05) is 37.7 Å². The summed E-state index contributed by atoms with van der Waals surface area (Å²) in [6.07, 6.45) is 5.79. The van der Waals surface area contributed by atoms with Gasteiger partial charge in [-0.1, -0.05) is 5.16 Å². The van der Waals surface area contributed by atoms with Crippen molar-refractivity contribution in [3.05, 3.63) is 48.5 Å². The number of hydrogen-bond donors (Lipinski definition) is 1. The van der Waals surface area contributed by atoms with E-state index in [0.717, 1.165) is 11.3 Å². The summed E-state index contributed by atoms with van der Waals surface area (Å²) in [5.74, 6) is 1.59. The van der Waals surface area contributed by atoms with Gasteiger partial charge < -0.3 is 14.6 Å². The van der Waals surface area contributed by atoms with Crippen molar-refractivity contribution >= 4 is 5.95 Å². The van der Waals surface area contributed by atoms with Gasteiger partial charge in [-0.2, -0.15) is 4.98 Å². The van der Waals surface area contributed by atoms with Crippen LogP contribution in [0.3, 0.4) is 0 Å². The zero-order valence-electron chi connectivity index (χ0n) is 12.6. The predicted octanol–water partition coefficient (Wildman–Crippen LogP) is 1.72. The van der Waals surface area contributed by atoms with Crippen LogP contribution in [-0.4, -0.2) is 38.8 Å². The highest BCUT2D eigenvalue weighted by Crippen LogP contribution is 2.16. The highest BCUT2D eigenvalue weighted by Gasteiger charge is 2.07. The molecule has 23 heavy (non-hydrogen) atoms. The van der Waals surface area contributed by atoms with Crippen LogP contribution < -0.4 is 5.32 Å². The lowest BCUT2D eigenvalue weighted by Crippen LogP contribution is -2.04. The summed E-state index contributed by atoms with van der Waals surface area (Å²) in [5.41, 5.74) is 1.72. The Morgan fingerprint density at radius 1 is 1.22 bits per heavy atom. The van der Waals surface area contributed by atoms with E-state index in [-0.39, 0.29) is 0 Å². The van der Waals surface area contributed by atoms with E-state index in [1.165, 1.54) is 0 Å². The van der Waals surface area contributed by atoms with Crippen molar-refractivity contribution in [2.75, 3.05) is 19.0 Å². The number of nitrogens with one attached hydrogen (secondary N) is 1. The molecule has 0 amide bonds. The van der Waals surface area contributed by atoms with Gasteiger partial charge in [-0.3, -0.25) is 4.98 Å². The molecule has 0 aliphatic carbocycles. The van der Waals surface area contributed by atoms with Crippen LogP contribution >= 0.6 is 0 Å². The summed E-state index contributed by atoms with van der Waals surface area (Å²) < 4.78 is 10.1. The van der Waals surface area contributed by atoms with Gasteiger partial charge in [-0.05, 0) is 18.2 Å². The number of pyridine rings is 1. The molecular weight excluding hydrogens is 296 g/mol. The third-order valence-corrected chi connectivity index (χ3v) is 3.05. The minimum Gasteiger partial charge on any atom is -0.384 e. The molecule has 0 atom stereocenters. The zero-order valence-corrected chi connectivity index (χ0v) is 12.6. The van der Waals surface area contributed by atoms with Gasteiger partial charge in [0.05, 0.1) is 18.8 Å². The smallest absolute Gasteiger partial charge is 0.246 e. The van der Waals surface area contributed by atoms with Gasteiger partial charge in [-0.25, -0.2) is 9.97 Å². The normalized spacial score (nSPS) is 10.7. The molecule has 3 rings (SSSR count). The molecule has 3 aromatic rings. The second kappa shape index (κ2) is 7.41. The second-order valence-corrected chi connectivity index (χ2v) is 4.71. The van der Waals surface area contributed by atoms with E-state index in [0.29, 0.717) is 37.2 Å². The van der Waals surface area contributed by atoms with Crippen LogP contribution in [0.25, 0.3) is 11.3 Å². The third-order valence-electron chi connectivity index (χ3n) is 3.05. The number of ether oxygens (including phenoxy) is 1. The molecule has 0 aliphatic heterocycles. The van der Waals surface area contributed by atoms with Crippen LogP contribution in [0.2, 0.25) is 0 Å². The number of nitrogens with zero attached hydrogens (tertiary/aromatic N) is 5. The zero-order chi connectivity index (χ0) is 15.9. The Hall–Kier alpha value is -2.87. The van der Waals surface area contributed by atoms with Gasteiger partial charge in [0.15, 0.2) is 5.82 Å². The van der Waals surface area contributed by atoms with Crippen LogP contribution in [0, 0.1) is 0 Å². The minimum atomic E-state index is 0.358. The van der Waals surface area contributed by atoms with E-state index in [1.807, 2.05) is 18.2 Å². The maximum absolute atomic E-state index is 5.15. The molecule has 0 unspecified atom stereocenters. The summed E-state index contributed by atoms with van der Waals surface area (Å²) in [4.78, 5) is 17.0. The van der Waals surface area contributed by atoms with Crippen molar-refractivity contribution in [1.82, 2.24) is 25.1 Å². The Bertz CT molecular complexity index is 746. The molecule has 118 valence electrons. The summed E-state index contributed by atoms with van der Waals surface area (Å²) >= 11 is 0. The highest BCUT2D eigenvalue weighted by atomic mass is 16.5. The third kappa shape index (κ3) is 4.07. The summed E-state index contributed by atoms with van der Waals surface area (Å²) in [7, 11) is 1.63. The fourth-order valence-corrected chi connectivity index (χ4v) is 1.93. The van der Waals surface area contributed by atoms with E-state index < -0.39 is 0 Å². The maximum atomic E-state index is 5.15. The first-order valence-electron chi connectivity index (χ1n) is 7.13.